The van der Waals surface area contributed by atoms with Gasteiger partial charge >= 0.3 is 0 Å². The molecule has 0 unspecified atom stereocenters. The van der Waals surface area contributed by atoms with E-state index in [2.05, 4.69) is 25.7 Å². The maximum absolute atomic E-state index is 12.3. The van der Waals surface area contributed by atoms with Gasteiger partial charge in [0.1, 0.15) is 11.6 Å². The average Bonchev–Trinajstić information content (AvgIpc) is 3.20. The fraction of sp³-hybridized carbons (Fsp3) is 0.429. The lowest BCUT2D eigenvalue weighted by molar-refractivity contribution is -0.120. The first-order chi connectivity index (χ1) is 15.1. The Kier molecular flexibility index (Phi) is 8.48. The number of rotatable bonds is 12. The zero-order valence-corrected chi connectivity index (χ0v) is 18.9. The highest BCUT2D eigenvalue weighted by atomic mass is 32.2. The molecule has 2 aromatic heterocycles. The summed E-state index contributed by atoms with van der Waals surface area (Å²) in [6, 6.07) is 7.48. The fourth-order valence-corrected chi connectivity index (χ4v) is 3.36. The topological polar surface area (TPSA) is 103 Å². The summed E-state index contributed by atoms with van der Waals surface area (Å²) in [6.07, 6.45) is 4.00. The third-order valence-corrected chi connectivity index (χ3v) is 5.12. The Hall–Kier alpha value is -2.85. The minimum Gasteiger partial charge on any atom is -0.497 e. The van der Waals surface area contributed by atoms with Crippen LogP contribution in [0.2, 0.25) is 0 Å². The third kappa shape index (κ3) is 6.31. The van der Waals surface area contributed by atoms with Crippen molar-refractivity contribution < 1.29 is 14.3 Å². The van der Waals surface area contributed by atoms with Gasteiger partial charge in [0, 0.05) is 19.7 Å². The van der Waals surface area contributed by atoms with Crippen LogP contribution in [0.3, 0.4) is 0 Å². The van der Waals surface area contributed by atoms with Crippen molar-refractivity contribution in [3.05, 3.63) is 36.0 Å². The molecule has 0 saturated carbocycles. The van der Waals surface area contributed by atoms with Gasteiger partial charge in [0.2, 0.25) is 5.91 Å². The molecule has 166 valence electrons. The van der Waals surface area contributed by atoms with Crippen molar-refractivity contribution >= 4 is 34.5 Å². The predicted molar refractivity (Wildman–Crippen MR) is 122 cm³/mol. The molecule has 0 radical (unpaired) electrons. The molecule has 0 aliphatic heterocycles. The number of ether oxygens (including phenoxy) is 2. The predicted octanol–water partition coefficient (Wildman–Crippen LogP) is 2.36. The van der Waals surface area contributed by atoms with E-state index < -0.39 is 0 Å². The molecule has 1 amide bonds. The molecule has 9 nitrogen and oxygen atoms in total. The van der Waals surface area contributed by atoms with E-state index in [1.54, 1.807) is 18.0 Å². The molecule has 3 rings (SSSR count). The summed E-state index contributed by atoms with van der Waals surface area (Å²) in [6.45, 7) is 4.87. The van der Waals surface area contributed by atoms with Gasteiger partial charge < -0.3 is 20.1 Å². The first-order valence-electron chi connectivity index (χ1n) is 10.1. The third-order valence-electron chi connectivity index (χ3n) is 4.57. The first-order valence-corrected chi connectivity index (χ1v) is 11.4. The highest BCUT2D eigenvalue weighted by molar-refractivity contribution is 7.98. The number of nitrogens with one attached hydrogen (secondary N) is 2. The van der Waals surface area contributed by atoms with E-state index >= 15 is 0 Å². The van der Waals surface area contributed by atoms with Crippen molar-refractivity contribution in [2.45, 2.75) is 25.0 Å². The number of carbonyl (C=O) groups is 1. The Morgan fingerprint density at radius 1 is 1.19 bits per heavy atom. The van der Waals surface area contributed by atoms with Gasteiger partial charge in [-0.3, -0.25) is 4.79 Å². The van der Waals surface area contributed by atoms with Gasteiger partial charge in [-0.2, -0.15) is 5.10 Å². The number of anilines is 1. The number of amides is 1. The second-order valence-electron chi connectivity index (χ2n) is 6.66. The van der Waals surface area contributed by atoms with Crippen LogP contribution in [0.1, 0.15) is 12.5 Å². The lowest BCUT2D eigenvalue weighted by Crippen LogP contribution is -2.28. The summed E-state index contributed by atoms with van der Waals surface area (Å²) < 4.78 is 12.3. The first kappa shape index (κ1) is 22.8. The summed E-state index contributed by atoms with van der Waals surface area (Å²) in [7, 11) is 1.62. The molecule has 1 aromatic carbocycles. The molecule has 3 aromatic rings. The Bertz CT molecular complexity index is 993. The zero-order chi connectivity index (χ0) is 22.1. The van der Waals surface area contributed by atoms with Gasteiger partial charge in [-0.15, -0.1) is 0 Å². The molecule has 0 aliphatic carbocycles. The van der Waals surface area contributed by atoms with Crippen LogP contribution in [-0.2, 0) is 22.5 Å². The second-order valence-corrected chi connectivity index (χ2v) is 7.44. The minimum atomic E-state index is -0.0423. The van der Waals surface area contributed by atoms with Crippen molar-refractivity contribution in [3.63, 3.8) is 0 Å². The summed E-state index contributed by atoms with van der Waals surface area (Å²) in [5.41, 5.74) is 1.67. The number of benzene rings is 1. The van der Waals surface area contributed by atoms with E-state index in [0.29, 0.717) is 44.4 Å². The summed E-state index contributed by atoms with van der Waals surface area (Å²) in [5.74, 6) is 1.47. The highest BCUT2D eigenvalue weighted by Crippen LogP contribution is 2.23. The monoisotopic (exact) mass is 444 g/mol. The maximum atomic E-state index is 12.3. The molecule has 0 fully saturated rings. The van der Waals surface area contributed by atoms with Crippen molar-refractivity contribution in [1.29, 1.82) is 0 Å². The van der Waals surface area contributed by atoms with Gasteiger partial charge in [-0.1, -0.05) is 23.9 Å². The molecule has 10 heteroatoms. The molecule has 0 atom stereocenters. The second kappa shape index (κ2) is 11.5. The molecular formula is C21H28N6O3S. The largest absolute Gasteiger partial charge is 0.497 e. The van der Waals surface area contributed by atoms with Crippen LogP contribution in [0.5, 0.6) is 5.75 Å². The van der Waals surface area contributed by atoms with E-state index in [4.69, 9.17) is 9.47 Å². The molecule has 0 aliphatic rings. The summed E-state index contributed by atoms with van der Waals surface area (Å²) in [4.78, 5) is 21.4. The van der Waals surface area contributed by atoms with Crippen molar-refractivity contribution in [2.75, 3.05) is 45.0 Å². The Balaban J connectivity index is 1.59. The molecule has 0 saturated heterocycles. The molecular weight excluding hydrogens is 416 g/mol. The van der Waals surface area contributed by atoms with Gasteiger partial charge in [-0.05, 0) is 30.9 Å². The highest BCUT2D eigenvalue weighted by Gasteiger charge is 2.13. The molecule has 31 heavy (non-hydrogen) atoms. The van der Waals surface area contributed by atoms with Gasteiger partial charge in [-0.25, -0.2) is 14.6 Å². The number of thioether (sulfide) groups is 1. The lowest BCUT2D eigenvalue weighted by atomic mass is 10.1. The molecule has 2 heterocycles. The van der Waals surface area contributed by atoms with Crippen molar-refractivity contribution in [2.24, 2.45) is 0 Å². The average molecular weight is 445 g/mol. The quantitative estimate of drug-likeness (QED) is 0.249. The number of aromatic nitrogens is 4. The molecule has 0 spiro atoms. The number of fused-ring (bicyclic) bond motifs is 1. The van der Waals surface area contributed by atoms with Gasteiger partial charge in [0.25, 0.3) is 0 Å². The number of nitrogens with zero attached hydrogens (tertiary/aromatic N) is 4. The van der Waals surface area contributed by atoms with Crippen LogP contribution in [0.25, 0.3) is 11.0 Å². The van der Waals surface area contributed by atoms with Gasteiger partial charge in [0.05, 0.1) is 38.3 Å². The molecule has 0 bridgehead atoms. The normalized spacial score (nSPS) is 10.9. The number of hydrogen-bond donors (Lipinski definition) is 2. The van der Waals surface area contributed by atoms with Crippen LogP contribution >= 0.6 is 11.8 Å². The van der Waals surface area contributed by atoms with E-state index in [9.17, 15) is 4.79 Å². The summed E-state index contributed by atoms with van der Waals surface area (Å²) in [5, 5.41) is 12.2. The standard InChI is InChI=1S/C21H28N6O3S/c1-4-30-12-10-23-19-17-14-24-27(20(17)26-21(25-19)31-3)11-9-22-18(28)13-15-5-7-16(29-2)8-6-15/h5-8,14H,4,9-13H2,1-3H3,(H,22,28)(H,23,25,26). The zero-order valence-electron chi connectivity index (χ0n) is 18.1. The minimum absolute atomic E-state index is 0.0423. The Labute approximate surface area is 185 Å². The SMILES string of the molecule is CCOCCNc1nc(SC)nc2c1cnn2CCNC(=O)Cc1ccc(OC)cc1. The van der Waals surface area contributed by atoms with Crippen molar-refractivity contribution in [3.8, 4) is 5.75 Å². The van der Waals surface area contributed by atoms with Gasteiger partial charge in [0.15, 0.2) is 10.8 Å². The fourth-order valence-electron chi connectivity index (χ4n) is 3.00. The smallest absolute Gasteiger partial charge is 0.224 e. The van der Waals surface area contributed by atoms with E-state index in [1.807, 2.05) is 37.4 Å². The molecule has 2 N–H and O–H groups in total. The Morgan fingerprint density at radius 3 is 2.71 bits per heavy atom. The Morgan fingerprint density at radius 2 is 2.00 bits per heavy atom. The van der Waals surface area contributed by atoms with E-state index in [1.165, 1.54) is 11.8 Å². The number of methoxy groups -OCH3 is 1. The van der Waals surface area contributed by atoms with E-state index in [-0.39, 0.29) is 5.91 Å². The van der Waals surface area contributed by atoms with E-state index in [0.717, 1.165) is 28.2 Å². The van der Waals surface area contributed by atoms with Crippen LogP contribution in [-0.4, -0.2) is 65.3 Å². The van der Waals surface area contributed by atoms with Crippen LogP contribution in [0.4, 0.5) is 5.82 Å². The maximum Gasteiger partial charge on any atom is 0.224 e. The van der Waals surface area contributed by atoms with Crippen LogP contribution in [0, 0.1) is 0 Å². The lowest BCUT2D eigenvalue weighted by Gasteiger charge is -2.09. The summed E-state index contributed by atoms with van der Waals surface area (Å²) >= 11 is 1.47. The van der Waals surface area contributed by atoms with Crippen LogP contribution < -0.4 is 15.4 Å². The number of carbonyl (C=O) groups excluding carboxylic acids is 1. The number of hydrogen-bond acceptors (Lipinski definition) is 8. The van der Waals surface area contributed by atoms with Crippen LogP contribution in [0.15, 0.2) is 35.6 Å². The van der Waals surface area contributed by atoms with Crippen molar-refractivity contribution in [1.82, 2.24) is 25.1 Å².